The molecule has 1 amide bonds. The molecular formula is C26H26F4N2O5S. The van der Waals surface area contributed by atoms with Crippen molar-refractivity contribution in [2.45, 2.75) is 25.6 Å². The van der Waals surface area contributed by atoms with E-state index in [-0.39, 0.29) is 23.4 Å². The second kappa shape index (κ2) is 11.3. The smallest absolute Gasteiger partial charge is 0.416 e. The predicted octanol–water partition coefficient (Wildman–Crippen LogP) is 5.32. The average molecular weight is 555 g/mol. The molecule has 3 aromatic rings. The molecule has 0 aliphatic carbocycles. The maximum absolute atomic E-state index is 14.4. The summed E-state index contributed by atoms with van der Waals surface area (Å²) in [7, 11) is -0.859. The Morgan fingerprint density at radius 1 is 0.974 bits per heavy atom. The molecule has 0 fully saturated rings. The number of anilines is 1. The van der Waals surface area contributed by atoms with E-state index in [1.54, 1.807) is 18.2 Å². The Morgan fingerprint density at radius 2 is 1.61 bits per heavy atom. The first kappa shape index (κ1) is 28.8. The quantitative estimate of drug-likeness (QED) is 0.349. The monoisotopic (exact) mass is 554 g/mol. The number of methoxy groups -OCH3 is 2. The lowest BCUT2D eigenvalue weighted by atomic mass is 9.95. The molecule has 0 aliphatic heterocycles. The number of benzene rings is 3. The highest BCUT2D eigenvalue weighted by atomic mass is 32.2. The number of rotatable bonds is 9. The number of carbonyl (C=O) groups is 1. The Bertz CT molecular complexity index is 1420. The van der Waals surface area contributed by atoms with E-state index < -0.39 is 39.4 Å². The largest absolute Gasteiger partial charge is 0.497 e. The van der Waals surface area contributed by atoms with Crippen molar-refractivity contribution >= 4 is 21.6 Å². The molecule has 0 radical (unpaired) electrons. The molecule has 7 nitrogen and oxygen atoms in total. The summed E-state index contributed by atoms with van der Waals surface area (Å²) in [5, 5.41) is 2.68. The third-order valence-electron chi connectivity index (χ3n) is 5.73. The Labute approximate surface area is 217 Å². The van der Waals surface area contributed by atoms with Gasteiger partial charge >= 0.3 is 6.18 Å². The maximum atomic E-state index is 14.4. The van der Waals surface area contributed by atoms with Crippen molar-refractivity contribution in [1.82, 2.24) is 5.32 Å². The van der Waals surface area contributed by atoms with Crippen LogP contribution < -0.4 is 19.5 Å². The van der Waals surface area contributed by atoms with Crippen LogP contribution in [0, 0.1) is 5.82 Å². The van der Waals surface area contributed by atoms with E-state index in [0.29, 0.717) is 22.6 Å². The van der Waals surface area contributed by atoms with Crippen molar-refractivity contribution in [3.8, 4) is 22.6 Å². The van der Waals surface area contributed by atoms with Crippen molar-refractivity contribution < 1.29 is 40.2 Å². The summed E-state index contributed by atoms with van der Waals surface area (Å²) in [6.07, 6.45) is -3.70. The van der Waals surface area contributed by atoms with Gasteiger partial charge in [-0.3, -0.25) is 9.52 Å². The molecule has 38 heavy (non-hydrogen) atoms. The van der Waals surface area contributed by atoms with Crippen LogP contribution in [-0.4, -0.2) is 34.8 Å². The third-order valence-corrected chi connectivity index (χ3v) is 6.33. The summed E-state index contributed by atoms with van der Waals surface area (Å²) in [5.74, 6) is -1.47. The Kier molecular flexibility index (Phi) is 8.55. The van der Waals surface area contributed by atoms with Gasteiger partial charge in [0.2, 0.25) is 15.9 Å². The highest BCUT2D eigenvalue weighted by Gasteiger charge is 2.31. The van der Waals surface area contributed by atoms with Crippen molar-refractivity contribution in [3.05, 3.63) is 77.1 Å². The zero-order chi connectivity index (χ0) is 28.3. The molecule has 12 heteroatoms. The van der Waals surface area contributed by atoms with E-state index in [0.717, 1.165) is 24.5 Å². The van der Waals surface area contributed by atoms with Gasteiger partial charge in [0.25, 0.3) is 0 Å². The molecule has 0 heterocycles. The Morgan fingerprint density at radius 3 is 2.13 bits per heavy atom. The van der Waals surface area contributed by atoms with Crippen LogP contribution in [0.2, 0.25) is 0 Å². The number of hydrogen-bond donors (Lipinski definition) is 2. The fourth-order valence-corrected chi connectivity index (χ4v) is 4.27. The zero-order valence-corrected chi connectivity index (χ0v) is 21.8. The van der Waals surface area contributed by atoms with Gasteiger partial charge in [0.15, 0.2) is 0 Å². The van der Waals surface area contributed by atoms with Gasteiger partial charge < -0.3 is 14.8 Å². The number of halogens is 4. The molecule has 1 atom stereocenters. The SMILES string of the molecule is COc1cc(OC)cc(-c2cc(C(F)(F)F)ccc2CNC(=O)C(C)c2ccc(NS(C)(=O)=O)c(F)c2)c1. The number of amides is 1. The first-order chi connectivity index (χ1) is 17.7. The number of sulfonamides is 1. The number of nitrogens with one attached hydrogen (secondary N) is 2. The summed E-state index contributed by atoms with van der Waals surface area (Å²) in [5.41, 5.74) is 0.160. The van der Waals surface area contributed by atoms with Gasteiger partial charge in [-0.05, 0) is 65.6 Å². The lowest BCUT2D eigenvalue weighted by Crippen LogP contribution is -2.28. The van der Waals surface area contributed by atoms with Crippen molar-refractivity contribution in [2.75, 3.05) is 25.2 Å². The second-order valence-electron chi connectivity index (χ2n) is 8.52. The van der Waals surface area contributed by atoms with E-state index in [1.807, 2.05) is 4.72 Å². The molecule has 0 saturated carbocycles. The summed E-state index contributed by atoms with van der Waals surface area (Å²) >= 11 is 0. The summed E-state index contributed by atoms with van der Waals surface area (Å²) in [4.78, 5) is 12.9. The zero-order valence-electron chi connectivity index (χ0n) is 20.9. The molecule has 0 saturated heterocycles. The molecule has 0 aromatic heterocycles. The van der Waals surface area contributed by atoms with Crippen LogP contribution in [0.4, 0.5) is 23.2 Å². The van der Waals surface area contributed by atoms with Crippen LogP contribution in [0.3, 0.4) is 0 Å². The standard InChI is InChI=1S/C26H26F4N2O5S/c1-15(16-6-8-24(23(27)11-16)32-38(4,34)35)25(33)31-14-17-5-7-19(26(28,29)30)12-22(17)18-9-20(36-2)13-21(10-18)37-3/h5-13,15,32H,14H2,1-4H3,(H,31,33). The predicted molar refractivity (Wildman–Crippen MR) is 135 cm³/mol. The van der Waals surface area contributed by atoms with Gasteiger partial charge in [-0.25, -0.2) is 12.8 Å². The fourth-order valence-electron chi connectivity index (χ4n) is 3.71. The minimum absolute atomic E-state index is 0.119. The van der Waals surface area contributed by atoms with Crippen molar-refractivity contribution in [3.63, 3.8) is 0 Å². The minimum atomic E-state index is -4.59. The maximum Gasteiger partial charge on any atom is 0.416 e. The van der Waals surface area contributed by atoms with Gasteiger partial charge in [0.1, 0.15) is 17.3 Å². The van der Waals surface area contributed by atoms with Crippen molar-refractivity contribution in [1.29, 1.82) is 0 Å². The lowest BCUT2D eigenvalue weighted by molar-refractivity contribution is -0.137. The van der Waals surface area contributed by atoms with E-state index in [2.05, 4.69) is 5.32 Å². The number of alkyl halides is 3. The Hall–Kier alpha value is -3.80. The summed E-state index contributed by atoms with van der Waals surface area (Å²) < 4.78 is 90.1. The van der Waals surface area contributed by atoms with E-state index in [4.69, 9.17) is 9.47 Å². The van der Waals surface area contributed by atoms with Gasteiger partial charge in [0, 0.05) is 12.6 Å². The van der Waals surface area contributed by atoms with E-state index in [1.165, 1.54) is 39.3 Å². The van der Waals surface area contributed by atoms with E-state index in [9.17, 15) is 30.8 Å². The Balaban J connectivity index is 1.89. The lowest BCUT2D eigenvalue weighted by Gasteiger charge is -2.18. The first-order valence-corrected chi connectivity index (χ1v) is 13.1. The van der Waals surface area contributed by atoms with Crippen LogP contribution in [0.15, 0.2) is 54.6 Å². The first-order valence-electron chi connectivity index (χ1n) is 11.2. The van der Waals surface area contributed by atoms with Crippen molar-refractivity contribution in [2.24, 2.45) is 0 Å². The fraction of sp³-hybridized carbons (Fsp3) is 0.269. The molecule has 3 aromatic carbocycles. The topological polar surface area (TPSA) is 93.7 Å². The molecule has 0 aliphatic rings. The van der Waals surface area contributed by atoms with Crippen LogP contribution in [0.1, 0.15) is 29.5 Å². The van der Waals surface area contributed by atoms with Crippen LogP contribution in [0.25, 0.3) is 11.1 Å². The molecule has 1 unspecified atom stereocenters. The second-order valence-corrected chi connectivity index (χ2v) is 10.3. The number of ether oxygens (including phenoxy) is 2. The summed E-state index contributed by atoms with van der Waals surface area (Å²) in [6, 6.07) is 11.5. The molecule has 3 rings (SSSR count). The highest BCUT2D eigenvalue weighted by molar-refractivity contribution is 7.92. The molecule has 0 spiro atoms. The van der Waals surface area contributed by atoms with Crippen LogP contribution >= 0.6 is 0 Å². The molecular weight excluding hydrogens is 528 g/mol. The third kappa shape index (κ3) is 7.15. The van der Waals surface area contributed by atoms with Crippen LogP contribution in [0.5, 0.6) is 11.5 Å². The normalized spacial score (nSPS) is 12.5. The van der Waals surface area contributed by atoms with E-state index >= 15 is 0 Å². The number of hydrogen-bond acceptors (Lipinski definition) is 5. The average Bonchev–Trinajstić information content (AvgIpc) is 2.86. The van der Waals surface area contributed by atoms with Gasteiger partial charge in [0.05, 0.1) is 37.6 Å². The molecule has 0 bridgehead atoms. The minimum Gasteiger partial charge on any atom is -0.497 e. The highest BCUT2D eigenvalue weighted by Crippen LogP contribution is 2.37. The molecule has 204 valence electrons. The number of carbonyl (C=O) groups excluding carboxylic acids is 1. The van der Waals surface area contributed by atoms with Gasteiger partial charge in [-0.1, -0.05) is 12.1 Å². The van der Waals surface area contributed by atoms with Gasteiger partial charge in [-0.15, -0.1) is 0 Å². The van der Waals surface area contributed by atoms with Gasteiger partial charge in [-0.2, -0.15) is 13.2 Å². The summed E-state index contributed by atoms with van der Waals surface area (Å²) in [6.45, 7) is 1.40. The van der Waals surface area contributed by atoms with Crippen LogP contribution in [-0.2, 0) is 27.5 Å². The molecule has 2 N–H and O–H groups in total.